The van der Waals surface area contributed by atoms with Crippen LogP contribution >= 0.6 is 0 Å². The Bertz CT molecular complexity index is 614. The van der Waals surface area contributed by atoms with E-state index in [2.05, 4.69) is 9.97 Å². The molecule has 20 heavy (non-hydrogen) atoms. The van der Waals surface area contributed by atoms with Gasteiger partial charge in [0.1, 0.15) is 11.6 Å². The first-order chi connectivity index (χ1) is 9.72. The molecule has 1 aliphatic rings. The number of hydrogen-bond donors (Lipinski definition) is 1. The number of rotatable bonds is 3. The molecule has 0 spiro atoms. The Balaban J connectivity index is 1.71. The van der Waals surface area contributed by atoms with Crippen molar-refractivity contribution >= 4 is 17.4 Å². The van der Waals surface area contributed by atoms with Crippen molar-refractivity contribution in [3.8, 4) is 0 Å². The molecule has 0 radical (unpaired) electrons. The minimum absolute atomic E-state index is 0.158. The maximum Gasteiger partial charge on any atom is 0.227 e. The molecule has 2 N–H and O–H groups in total. The van der Waals surface area contributed by atoms with E-state index >= 15 is 0 Å². The highest BCUT2D eigenvalue weighted by atomic mass is 16.2. The van der Waals surface area contributed by atoms with Gasteiger partial charge in [-0.2, -0.15) is 0 Å². The second kappa shape index (κ2) is 5.28. The summed E-state index contributed by atoms with van der Waals surface area (Å²) in [6, 6.07) is 11.4. The van der Waals surface area contributed by atoms with E-state index in [0.29, 0.717) is 31.0 Å². The Morgan fingerprint density at radius 3 is 2.80 bits per heavy atom. The summed E-state index contributed by atoms with van der Waals surface area (Å²) in [4.78, 5) is 22.3. The molecule has 1 aromatic carbocycles. The number of amides is 1. The first-order valence-electron chi connectivity index (χ1n) is 6.65. The highest BCUT2D eigenvalue weighted by Gasteiger charge is 2.31. The summed E-state index contributed by atoms with van der Waals surface area (Å²) >= 11 is 0. The number of para-hydroxylation sites is 1. The summed E-state index contributed by atoms with van der Waals surface area (Å²) in [5, 5.41) is 0. The summed E-state index contributed by atoms with van der Waals surface area (Å²) in [7, 11) is 0. The number of nitrogens with two attached hydrogens (primary N) is 1. The number of benzene rings is 1. The van der Waals surface area contributed by atoms with Gasteiger partial charge in [0.05, 0.1) is 0 Å². The standard InChI is InChI=1S/C15H16N4O/c16-13-6-7-17-14(18-13)8-11-9-15(20)19(10-11)12-4-2-1-3-5-12/h1-7,11H,8-10H2,(H2,16,17,18)/t11-/m1/s1. The van der Waals surface area contributed by atoms with Crippen LogP contribution in [0.1, 0.15) is 12.2 Å². The molecule has 1 fully saturated rings. The van der Waals surface area contributed by atoms with Gasteiger partial charge in [0.2, 0.25) is 5.91 Å². The third kappa shape index (κ3) is 2.61. The second-order valence-corrected chi connectivity index (χ2v) is 5.01. The predicted molar refractivity (Wildman–Crippen MR) is 77.1 cm³/mol. The third-order valence-corrected chi connectivity index (χ3v) is 3.47. The van der Waals surface area contributed by atoms with E-state index in [-0.39, 0.29) is 11.8 Å². The smallest absolute Gasteiger partial charge is 0.227 e. The minimum atomic E-state index is 0.158. The SMILES string of the molecule is Nc1ccnc(C[C@@H]2CC(=O)N(c3ccccc3)C2)n1. The lowest BCUT2D eigenvalue weighted by atomic mass is 10.0. The van der Waals surface area contributed by atoms with E-state index in [9.17, 15) is 4.79 Å². The maximum atomic E-state index is 12.1. The summed E-state index contributed by atoms with van der Waals surface area (Å²) in [6.45, 7) is 0.709. The van der Waals surface area contributed by atoms with Crippen LogP contribution in [0, 0.1) is 5.92 Å². The Morgan fingerprint density at radius 2 is 2.05 bits per heavy atom. The van der Waals surface area contributed by atoms with E-state index < -0.39 is 0 Å². The molecule has 0 unspecified atom stereocenters. The van der Waals surface area contributed by atoms with Crippen LogP contribution in [-0.4, -0.2) is 22.4 Å². The average molecular weight is 268 g/mol. The van der Waals surface area contributed by atoms with Crippen molar-refractivity contribution in [2.45, 2.75) is 12.8 Å². The van der Waals surface area contributed by atoms with Crippen LogP contribution < -0.4 is 10.6 Å². The van der Waals surface area contributed by atoms with Gasteiger partial charge in [-0.25, -0.2) is 9.97 Å². The predicted octanol–water partition coefficient (Wildman–Crippen LogP) is 1.65. The van der Waals surface area contributed by atoms with Crippen LogP contribution in [0.15, 0.2) is 42.6 Å². The van der Waals surface area contributed by atoms with Crippen molar-refractivity contribution in [1.29, 1.82) is 0 Å². The Morgan fingerprint density at radius 1 is 1.25 bits per heavy atom. The fourth-order valence-corrected chi connectivity index (χ4v) is 2.55. The molecule has 2 heterocycles. The summed E-state index contributed by atoms with van der Waals surface area (Å²) in [5.41, 5.74) is 6.60. The fraction of sp³-hybridized carbons (Fsp3) is 0.267. The molecule has 1 atom stereocenters. The molecule has 1 amide bonds. The number of nitrogen functional groups attached to an aromatic ring is 1. The Kier molecular flexibility index (Phi) is 3.33. The zero-order chi connectivity index (χ0) is 13.9. The van der Waals surface area contributed by atoms with Crippen LogP contribution in [0.25, 0.3) is 0 Å². The van der Waals surface area contributed by atoms with Gasteiger partial charge in [-0.3, -0.25) is 4.79 Å². The van der Waals surface area contributed by atoms with Crippen molar-refractivity contribution in [2.75, 3.05) is 17.2 Å². The summed E-state index contributed by atoms with van der Waals surface area (Å²) < 4.78 is 0. The van der Waals surface area contributed by atoms with Crippen LogP contribution in [-0.2, 0) is 11.2 Å². The largest absolute Gasteiger partial charge is 0.384 e. The van der Waals surface area contributed by atoms with Gasteiger partial charge in [0.25, 0.3) is 0 Å². The fourth-order valence-electron chi connectivity index (χ4n) is 2.55. The first-order valence-corrected chi connectivity index (χ1v) is 6.65. The molecule has 1 saturated heterocycles. The number of hydrogen-bond acceptors (Lipinski definition) is 4. The maximum absolute atomic E-state index is 12.1. The molecule has 3 rings (SSSR count). The van der Waals surface area contributed by atoms with Crippen molar-refractivity contribution < 1.29 is 4.79 Å². The van der Waals surface area contributed by atoms with Gasteiger partial charge in [-0.05, 0) is 24.1 Å². The molecule has 1 aliphatic heterocycles. The van der Waals surface area contributed by atoms with E-state index in [4.69, 9.17) is 5.73 Å². The third-order valence-electron chi connectivity index (χ3n) is 3.47. The topological polar surface area (TPSA) is 72.1 Å². The molecule has 0 saturated carbocycles. The van der Waals surface area contributed by atoms with Gasteiger partial charge in [-0.1, -0.05) is 18.2 Å². The molecule has 5 nitrogen and oxygen atoms in total. The van der Waals surface area contributed by atoms with Crippen molar-refractivity contribution in [1.82, 2.24) is 9.97 Å². The lowest BCUT2D eigenvalue weighted by Gasteiger charge is -2.16. The molecule has 0 aliphatic carbocycles. The van der Waals surface area contributed by atoms with Gasteiger partial charge in [-0.15, -0.1) is 0 Å². The Labute approximate surface area is 117 Å². The molecule has 102 valence electrons. The molecule has 5 heteroatoms. The molecule has 0 bridgehead atoms. The molecular weight excluding hydrogens is 252 g/mol. The molecule has 1 aromatic heterocycles. The van der Waals surface area contributed by atoms with Gasteiger partial charge in [0, 0.05) is 31.3 Å². The minimum Gasteiger partial charge on any atom is -0.384 e. The van der Waals surface area contributed by atoms with E-state index in [1.54, 1.807) is 12.3 Å². The number of carbonyl (C=O) groups is 1. The normalized spacial score (nSPS) is 18.5. The summed E-state index contributed by atoms with van der Waals surface area (Å²) in [5.74, 6) is 1.58. The van der Waals surface area contributed by atoms with Crippen molar-refractivity contribution in [3.63, 3.8) is 0 Å². The van der Waals surface area contributed by atoms with Gasteiger partial charge < -0.3 is 10.6 Å². The number of nitrogens with zero attached hydrogens (tertiary/aromatic N) is 3. The van der Waals surface area contributed by atoms with Crippen molar-refractivity contribution in [3.05, 3.63) is 48.4 Å². The lowest BCUT2D eigenvalue weighted by molar-refractivity contribution is -0.117. The molecule has 2 aromatic rings. The summed E-state index contributed by atoms with van der Waals surface area (Å²) in [6.07, 6.45) is 2.87. The average Bonchev–Trinajstić information content (AvgIpc) is 2.80. The second-order valence-electron chi connectivity index (χ2n) is 5.01. The zero-order valence-electron chi connectivity index (χ0n) is 11.1. The van der Waals surface area contributed by atoms with Gasteiger partial charge in [0.15, 0.2) is 0 Å². The van der Waals surface area contributed by atoms with Crippen LogP contribution in [0.4, 0.5) is 11.5 Å². The highest BCUT2D eigenvalue weighted by Crippen LogP contribution is 2.26. The van der Waals surface area contributed by atoms with E-state index in [1.165, 1.54) is 0 Å². The zero-order valence-corrected chi connectivity index (χ0v) is 11.1. The number of aromatic nitrogens is 2. The first kappa shape index (κ1) is 12.6. The van der Waals surface area contributed by atoms with Crippen LogP contribution in [0.2, 0.25) is 0 Å². The number of carbonyl (C=O) groups excluding carboxylic acids is 1. The van der Waals surface area contributed by atoms with Crippen molar-refractivity contribution in [2.24, 2.45) is 5.92 Å². The highest BCUT2D eigenvalue weighted by molar-refractivity contribution is 5.95. The van der Waals surface area contributed by atoms with Crippen LogP contribution in [0.3, 0.4) is 0 Å². The lowest BCUT2D eigenvalue weighted by Crippen LogP contribution is -2.24. The quantitative estimate of drug-likeness (QED) is 0.918. The van der Waals surface area contributed by atoms with E-state index in [0.717, 1.165) is 5.69 Å². The monoisotopic (exact) mass is 268 g/mol. The van der Waals surface area contributed by atoms with Crippen LogP contribution in [0.5, 0.6) is 0 Å². The van der Waals surface area contributed by atoms with Gasteiger partial charge >= 0.3 is 0 Å². The van der Waals surface area contributed by atoms with E-state index in [1.807, 2.05) is 35.2 Å². The number of anilines is 2. The molecular formula is C15H16N4O. The Hall–Kier alpha value is -2.43.